The van der Waals surface area contributed by atoms with Crippen molar-refractivity contribution in [2.45, 2.75) is 31.3 Å². The van der Waals surface area contributed by atoms with Gasteiger partial charge in [0.15, 0.2) is 0 Å². The summed E-state index contributed by atoms with van der Waals surface area (Å²) >= 11 is 5.89. The van der Waals surface area contributed by atoms with Gasteiger partial charge in [0.05, 0.1) is 0 Å². The molecule has 1 saturated carbocycles. The SMILES string of the molecule is NC1CCC(Nc2cccc(Cl)c2)C1. The fourth-order valence-electron chi connectivity index (χ4n) is 1.96. The van der Waals surface area contributed by atoms with E-state index in [0.29, 0.717) is 12.1 Å². The van der Waals surface area contributed by atoms with Crippen LogP contribution >= 0.6 is 11.6 Å². The Morgan fingerprint density at radius 1 is 1.36 bits per heavy atom. The second kappa shape index (κ2) is 4.20. The van der Waals surface area contributed by atoms with Crippen LogP contribution in [-0.4, -0.2) is 12.1 Å². The lowest BCUT2D eigenvalue weighted by atomic mass is 10.2. The minimum Gasteiger partial charge on any atom is -0.382 e. The smallest absolute Gasteiger partial charge is 0.0426 e. The zero-order chi connectivity index (χ0) is 9.97. The normalized spacial score (nSPS) is 26.4. The van der Waals surface area contributed by atoms with E-state index in [1.807, 2.05) is 24.3 Å². The zero-order valence-corrected chi connectivity index (χ0v) is 8.80. The molecule has 0 spiro atoms. The molecule has 0 aromatic heterocycles. The summed E-state index contributed by atoms with van der Waals surface area (Å²) in [7, 11) is 0. The van der Waals surface area contributed by atoms with Crippen molar-refractivity contribution in [3.05, 3.63) is 29.3 Å². The van der Waals surface area contributed by atoms with Crippen LogP contribution in [0.1, 0.15) is 19.3 Å². The molecule has 1 aromatic carbocycles. The Kier molecular flexibility index (Phi) is 2.94. The van der Waals surface area contributed by atoms with Crippen LogP contribution in [0.2, 0.25) is 5.02 Å². The number of hydrogen-bond acceptors (Lipinski definition) is 2. The van der Waals surface area contributed by atoms with Crippen LogP contribution in [0.3, 0.4) is 0 Å². The number of hydrogen-bond donors (Lipinski definition) is 2. The van der Waals surface area contributed by atoms with Crippen LogP contribution in [0.25, 0.3) is 0 Å². The van der Waals surface area contributed by atoms with Gasteiger partial charge in [-0.25, -0.2) is 0 Å². The second-order valence-electron chi connectivity index (χ2n) is 3.92. The van der Waals surface area contributed by atoms with Gasteiger partial charge in [-0.1, -0.05) is 17.7 Å². The Balaban J connectivity index is 1.97. The van der Waals surface area contributed by atoms with Gasteiger partial charge in [0.2, 0.25) is 0 Å². The van der Waals surface area contributed by atoms with E-state index >= 15 is 0 Å². The minimum atomic E-state index is 0.367. The highest BCUT2D eigenvalue weighted by Gasteiger charge is 2.21. The molecule has 76 valence electrons. The zero-order valence-electron chi connectivity index (χ0n) is 8.04. The average molecular weight is 211 g/mol. The molecule has 2 atom stereocenters. The fourth-order valence-corrected chi connectivity index (χ4v) is 2.15. The first-order chi connectivity index (χ1) is 6.74. The maximum absolute atomic E-state index is 5.89. The Hall–Kier alpha value is -0.730. The highest BCUT2D eigenvalue weighted by molar-refractivity contribution is 6.30. The average Bonchev–Trinajstić information content (AvgIpc) is 2.51. The van der Waals surface area contributed by atoms with Crippen molar-refractivity contribution < 1.29 is 0 Å². The second-order valence-corrected chi connectivity index (χ2v) is 4.36. The van der Waals surface area contributed by atoms with E-state index < -0.39 is 0 Å². The van der Waals surface area contributed by atoms with E-state index in [4.69, 9.17) is 17.3 Å². The summed E-state index contributed by atoms with van der Waals surface area (Å²) in [6.45, 7) is 0. The van der Waals surface area contributed by atoms with Crippen molar-refractivity contribution in [1.82, 2.24) is 0 Å². The Labute approximate surface area is 89.4 Å². The molecule has 0 bridgehead atoms. The predicted molar refractivity (Wildman–Crippen MR) is 60.7 cm³/mol. The molecule has 2 unspecified atom stereocenters. The molecule has 1 aromatic rings. The van der Waals surface area contributed by atoms with Gasteiger partial charge in [0, 0.05) is 22.8 Å². The lowest BCUT2D eigenvalue weighted by Crippen LogP contribution is -2.20. The summed E-state index contributed by atoms with van der Waals surface area (Å²) in [5.74, 6) is 0. The van der Waals surface area contributed by atoms with Crippen molar-refractivity contribution in [3.8, 4) is 0 Å². The summed E-state index contributed by atoms with van der Waals surface area (Å²) in [5.41, 5.74) is 6.94. The summed E-state index contributed by atoms with van der Waals surface area (Å²) in [4.78, 5) is 0. The molecule has 1 fully saturated rings. The number of nitrogens with two attached hydrogens (primary N) is 1. The third-order valence-electron chi connectivity index (χ3n) is 2.67. The van der Waals surface area contributed by atoms with Crippen LogP contribution in [0, 0.1) is 0 Å². The van der Waals surface area contributed by atoms with Gasteiger partial charge in [-0.3, -0.25) is 0 Å². The van der Waals surface area contributed by atoms with Gasteiger partial charge in [0.1, 0.15) is 0 Å². The lowest BCUT2D eigenvalue weighted by molar-refractivity contribution is 0.688. The summed E-state index contributed by atoms with van der Waals surface area (Å²) < 4.78 is 0. The Bertz CT molecular complexity index is 314. The molecular formula is C11H15ClN2. The van der Waals surface area contributed by atoms with E-state index in [0.717, 1.165) is 30.0 Å². The van der Waals surface area contributed by atoms with Crippen molar-refractivity contribution >= 4 is 17.3 Å². The maximum atomic E-state index is 5.89. The van der Waals surface area contributed by atoms with Crippen molar-refractivity contribution in [2.75, 3.05) is 5.32 Å². The van der Waals surface area contributed by atoms with Gasteiger partial charge in [-0.15, -0.1) is 0 Å². The molecule has 0 amide bonds. The molecular weight excluding hydrogens is 196 g/mol. The molecule has 2 rings (SSSR count). The third kappa shape index (κ3) is 2.40. The highest BCUT2D eigenvalue weighted by atomic mass is 35.5. The van der Waals surface area contributed by atoms with Gasteiger partial charge >= 0.3 is 0 Å². The molecule has 0 aliphatic heterocycles. The third-order valence-corrected chi connectivity index (χ3v) is 2.90. The number of benzene rings is 1. The first-order valence-electron chi connectivity index (χ1n) is 5.02. The van der Waals surface area contributed by atoms with Crippen LogP contribution in [0.4, 0.5) is 5.69 Å². The van der Waals surface area contributed by atoms with Crippen molar-refractivity contribution in [2.24, 2.45) is 5.73 Å². The first-order valence-corrected chi connectivity index (χ1v) is 5.39. The summed E-state index contributed by atoms with van der Waals surface area (Å²) in [6.07, 6.45) is 3.35. The minimum absolute atomic E-state index is 0.367. The number of rotatable bonds is 2. The molecule has 0 saturated heterocycles. The van der Waals surface area contributed by atoms with E-state index in [9.17, 15) is 0 Å². The van der Waals surface area contributed by atoms with Crippen LogP contribution < -0.4 is 11.1 Å². The summed E-state index contributed by atoms with van der Waals surface area (Å²) in [5, 5.41) is 4.22. The van der Waals surface area contributed by atoms with E-state index in [1.165, 1.54) is 0 Å². The van der Waals surface area contributed by atoms with Crippen molar-refractivity contribution in [3.63, 3.8) is 0 Å². The number of anilines is 1. The van der Waals surface area contributed by atoms with Gasteiger partial charge < -0.3 is 11.1 Å². The molecule has 0 radical (unpaired) electrons. The lowest BCUT2D eigenvalue weighted by Gasteiger charge is -2.13. The highest BCUT2D eigenvalue weighted by Crippen LogP contribution is 2.23. The van der Waals surface area contributed by atoms with Crippen molar-refractivity contribution in [1.29, 1.82) is 0 Å². The quantitative estimate of drug-likeness (QED) is 0.788. The Morgan fingerprint density at radius 3 is 2.86 bits per heavy atom. The van der Waals surface area contributed by atoms with Crippen LogP contribution in [0.5, 0.6) is 0 Å². The van der Waals surface area contributed by atoms with E-state index in [-0.39, 0.29) is 0 Å². The molecule has 3 N–H and O–H groups in total. The molecule has 1 aliphatic carbocycles. The first kappa shape index (κ1) is 9.81. The molecule has 1 aliphatic rings. The van der Waals surface area contributed by atoms with Crippen LogP contribution in [-0.2, 0) is 0 Å². The van der Waals surface area contributed by atoms with Gasteiger partial charge in [0.25, 0.3) is 0 Å². The topological polar surface area (TPSA) is 38.0 Å². The fraction of sp³-hybridized carbons (Fsp3) is 0.455. The molecule has 0 heterocycles. The standard InChI is InChI=1S/C11H15ClN2/c12-8-2-1-3-10(6-8)14-11-5-4-9(13)7-11/h1-3,6,9,11,14H,4-5,7,13H2. The molecule has 2 nitrogen and oxygen atoms in total. The molecule has 14 heavy (non-hydrogen) atoms. The van der Waals surface area contributed by atoms with E-state index in [2.05, 4.69) is 5.32 Å². The maximum Gasteiger partial charge on any atom is 0.0426 e. The largest absolute Gasteiger partial charge is 0.382 e. The van der Waals surface area contributed by atoms with E-state index in [1.54, 1.807) is 0 Å². The predicted octanol–water partition coefficient (Wildman–Crippen LogP) is 2.63. The molecule has 3 heteroatoms. The number of nitrogens with one attached hydrogen (secondary N) is 1. The number of halogens is 1. The van der Waals surface area contributed by atoms with Crippen LogP contribution in [0.15, 0.2) is 24.3 Å². The van der Waals surface area contributed by atoms with Gasteiger partial charge in [-0.2, -0.15) is 0 Å². The Morgan fingerprint density at radius 2 is 2.21 bits per heavy atom. The summed E-state index contributed by atoms with van der Waals surface area (Å²) in [6, 6.07) is 8.71. The van der Waals surface area contributed by atoms with Gasteiger partial charge in [-0.05, 0) is 37.5 Å². The monoisotopic (exact) mass is 210 g/mol.